The lowest BCUT2D eigenvalue weighted by Gasteiger charge is -2.41. The summed E-state index contributed by atoms with van der Waals surface area (Å²) in [6.45, 7) is 7.47. The first-order valence-electron chi connectivity index (χ1n) is 12.1. The van der Waals surface area contributed by atoms with Crippen LogP contribution in [-0.4, -0.2) is 40.9 Å². The van der Waals surface area contributed by atoms with Gasteiger partial charge in [0.05, 0.1) is 29.9 Å². The third-order valence-corrected chi connectivity index (χ3v) is 7.46. The molecule has 1 spiro atoms. The van der Waals surface area contributed by atoms with Gasteiger partial charge in [-0.25, -0.2) is 14.4 Å². The molecule has 2 atom stereocenters. The second-order valence-electron chi connectivity index (χ2n) is 9.88. The fourth-order valence-corrected chi connectivity index (χ4v) is 5.57. The standard InChI is InChI=1S/C28H29FN6O/c1-17-20(14-30)6-5-7-23(17)18(2)31-26-24-15-35(22-10-8-21(29)9-11-22)27(36)28(12-13-34(4)16-28)25(24)32-19(3)33-26/h5-11,18H,12-13,15-16H2,1-4H3,(H,31,32,33)/t18-,28?/m1/s1. The summed E-state index contributed by atoms with van der Waals surface area (Å²) < 4.78 is 13.7. The molecule has 2 aliphatic rings. The lowest BCUT2D eigenvalue weighted by Crippen LogP contribution is -2.53. The molecule has 7 nitrogen and oxygen atoms in total. The fraction of sp³-hybridized carbons (Fsp3) is 0.357. The van der Waals surface area contributed by atoms with Crippen LogP contribution in [0.1, 0.15) is 53.2 Å². The highest BCUT2D eigenvalue weighted by atomic mass is 19.1. The molecule has 3 heterocycles. The molecule has 1 saturated heterocycles. The van der Waals surface area contributed by atoms with Gasteiger partial charge in [-0.1, -0.05) is 12.1 Å². The monoisotopic (exact) mass is 484 g/mol. The van der Waals surface area contributed by atoms with Crippen LogP contribution < -0.4 is 10.2 Å². The molecule has 1 aromatic heterocycles. The van der Waals surface area contributed by atoms with E-state index in [0.717, 1.165) is 28.9 Å². The van der Waals surface area contributed by atoms with E-state index in [1.807, 2.05) is 46.0 Å². The number of likely N-dealkylation sites (N-methyl/N-ethyl adjacent to an activating group) is 1. The zero-order valence-corrected chi connectivity index (χ0v) is 21.0. The van der Waals surface area contributed by atoms with Crippen molar-refractivity contribution < 1.29 is 9.18 Å². The van der Waals surface area contributed by atoms with Crippen LogP contribution in [0.2, 0.25) is 0 Å². The number of nitrogens with zero attached hydrogens (tertiary/aromatic N) is 5. The number of fused-ring (bicyclic) bond motifs is 2. The highest BCUT2D eigenvalue weighted by Gasteiger charge is 2.53. The van der Waals surface area contributed by atoms with Crippen molar-refractivity contribution in [3.05, 3.63) is 82.1 Å². The second-order valence-corrected chi connectivity index (χ2v) is 9.88. The first-order valence-corrected chi connectivity index (χ1v) is 12.1. The van der Waals surface area contributed by atoms with Crippen molar-refractivity contribution in [2.24, 2.45) is 0 Å². The summed E-state index contributed by atoms with van der Waals surface area (Å²) in [5.74, 6) is 0.924. The molecular formula is C28H29FN6O. The molecule has 1 unspecified atom stereocenters. The van der Waals surface area contributed by atoms with Crippen molar-refractivity contribution in [2.45, 2.75) is 45.2 Å². The quantitative estimate of drug-likeness (QED) is 0.591. The van der Waals surface area contributed by atoms with Gasteiger partial charge in [0, 0.05) is 17.8 Å². The van der Waals surface area contributed by atoms with Gasteiger partial charge in [-0.15, -0.1) is 0 Å². The average molecular weight is 485 g/mol. The van der Waals surface area contributed by atoms with Gasteiger partial charge in [-0.05, 0) is 82.2 Å². The van der Waals surface area contributed by atoms with Crippen molar-refractivity contribution in [3.8, 4) is 6.07 Å². The second kappa shape index (κ2) is 8.99. The zero-order valence-electron chi connectivity index (χ0n) is 21.0. The number of rotatable bonds is 4. The number of halogens is 1. The van der Waals surface area contributed by atoms with Crippen LogP contribution in [0.25, 0.3) is 0 Å². The Morgan fingerprint density at radius 3 is 2.58 bits per heavy atom. The van der Waals surface area contributed by atoms with E-state index in [1.165, 1.54) is 12.1 Å². The Labute approximate surface area is 210 Å². The van der Waals surface area contributed by atoms with E-state index >= 15 is 0 Å². The molecule has 1 fully saturated rings. The predicted octanol–water partition coefficient (Wildman–Crippen LogP) is 4.40. The Balaban J connectivity index is 1.62. The number of benzene rings is 2. The van der Waals surface area contributed by atoms with Gasteiger partial charge in [0.15, 0.2) is 0 Å². The molecule has 0 aliphatic carbocycles. The third kappa shape index (κ3) is 3.90. The lowest BCUT2D eigenvalue weighted by atomic mass is 9.76. The van der Waals surface area contributed by atoms with Crippen molar-refractivity contribution in [3.63, 3.8) is 0 Å². The average Bonchev–Trinajstić information content (AvgIpc) is 3.25. The topological polar surface area (TPSA) is 85.1 Å². The minimum atomic E-state index is -0.791. The van der Waals surface area contributed by atoms with Crippen LogP contribution >= 0.6 is 0 Å². The number of nitriles is 1. The number of aromatic nitrogens is 2. The van der Waals surface area contributed by atoms with Gasteiger partial charge in [-0.3, -0.25) is 4.79 Å². The largest absolute Gasteiger partial charge is 0.363 e. The molecule has 36 heavy (non-hydrogen) atoms. The van der Waals surface area contributed by atoms with Crippen molar-refractivity contribution in [2.75, 3.05) is 30.4 Å². The van der Waals surface area contributed by atoms with E-state index in [0.29, 0.717) is 35.9 Å². The van der Waals surface area contributed by atoms with E-state index in [1.54, 1.807) is 17.0 Å². The van der Waals surface area contributed by atoms with Crippen LogP contribution in [-0.2, 0) is 16.8 Å². The van der Waals surface area contributed by atoms with E-state index < -0.39 is 5.41 Å². The highest BCUT2D eigenvalue weighted by molar-refractivity contribution is 6.03. The van der Waals surface area contributed by atoms with E-state index in [2.05, 4.69) is 16.3 Å². The van der Waals surface area contributed by atoms with Crippen LogP contribution in [0.3, 0.4) is 0 Å². The van der Waals surface area contributed by atoms with Crippen LogP contribution in [0, 0.1) is 31.0 Å². The maximum atomic E-state index is 14.0. The molecule has 2 aromatic carbocycles. The molecule has 2 aliphatic heterocycles. The SMILES string of the molecule is Cc1nc(N[C@H](C)c2cccc(C#N)c2C)c2c(n1)C1(CCN(C)C1)C(=O)N(c1ccc(F)cc1)C2. The number of likely N-dealkylation sites (tertiary alicyclic amines) is 1. The Morgan fingerprint density at radius 2 is 1.92 bits per heavy atom. The fourth-order valence-electron chi connectivity index (χ4n) is 5.57. The smallest absolute Gasteiger partial charge is 0.240 e. The first kappa shape index (κ1) is 23.9. The van der Waals surface area contributed by atoms with Gasteiger partial charge in [0.25, 0.3) is 0 Å². The molecule has 0 saturated carbocycles. The number of nitrogens with one attached hydrogen (secondary N) is 1. The third-order valence-electron chi connectivity index (χ3n) is 7.46. The number of amides is 1. The molecule has 3 aromatic rings. The van der Waals surface area contributed by atoms with Gasteiger partial charge < -0.3 is 15.1 Å². The summed E-state index contributed by atoms with van der Waals surface area (Å²) in [7, 11) is 2.01. The van der Waals surface area contributed by atoms with Crippen molar-refractivity contribution in [1.29, 1.82) is 5.26 Å². The van der Waals surface area contributed by atoms with Crippen LogP contribution in [0.5, 0.6) is 0 Å². The highest BCUT2D eigenvalue weighted by Crippen LogP contribution is 2.44. The molecule has 5 rings (SSSR count). The minimum absolute atomic E-state index is 0.0133. The molecule has 0 bridgehead atoms. The van der Waals surface area contributed by atoms with Gasteiger partial charge in [0.2, 0.25) is 5.91 Å². The number of carbonyl (C=O) groups is 1. The minimum Gasteiger partial charge on any atom is -0.363 e. The zero-order chi connectivity index (χ0) is 25.6. The Morgan fingerprint density at radius 1 is 1.17 bits per heavy atom. The summed E-state index contributed by atoms with van der Waals surface area (Å²) in [5.41, 5.74) is 4.09. The normalized spacial score (nSPS) is 20.3. The summed E-state index contributed by atoms with van der Waals surface area (Å²) in [5, 5.41) is 13.0. The molecule has 8 heteroatoms. The molecule has 0 radical (unpaired) electrons. The first-order chi connectivity index (χ1) is 17.2. The maximum Gasteiger partial charge on any atom is 0.240 e. The number of hydrogen-bond donors (Lipinski definition) is 1. The van der Waals surface area contributed by atoms with Crippen LogP contribution in [0.15, 0.2) is 42.5 Å². The van der Waals surface area contributed by atoms with Gasteiger partial charge in [0.1, 0.15) is 22.9 Å². The van der Waals surface area contributed by atoms with Crippen molar-refractivity contribution in [1.82, 2.24) is 14.9 Å². The maximum absolute atomic E-state index is 14.0. The summed E-state index contributed by atoms with van der Waals surface area (Å²) >= 11 is 0. The lowest BCUT2D eigenvalue weighted by molar-refractivity contribution is -0.124. The van der Waals surface area contributed by atoms with Gasteiger partial charge >= 0.3 is 0 Å². The van der Waals surface area contributed by atoms with E-state index in [-0.39, 0.29) is 24.3 Å². The molecular weight excluding hydrogens is 455 g/mol. The number of anilines is 2. The number of carbonyl (C=O) groups excluding carboxylic acids is 1. The number of aryl methyl sites for hydroxylation is 1. The molecule has 1 N–H and O–H groups in total. The Kier molecular flexibility index (Phi) is 5.97. The summed E-state index contributed by atoms with van der Waals surface area (Å²) in [6.07, 6.45) is 0.655. The molecule has 1 amide bonds. The van der Waals surface area contributed by atoms with Gasteiger partial charge in [-0.2, -0.15) is 5.26 Å². The van der Waals surface area contributed by atoms with E-state index in [9.17, 15) is 14.4 Å². The summed E-state index contributed by atoms with van der Waals surface area (Å²) in [6, 6.07) is 13.9. The Hall–Kier alpha value is -3.83. The summed E-state index contributed by atoms with van der Waals surface area (Å²) in [4.78, 5) is 27.5. The Bertz CT molecular complexity index is 1380. The predicted molar refractivity (Wildman–Crippen MR) is 136 cm³/mol. The molecule has 184 valence electrons. The van der Waals surface area contributed by atoms with Crippen molar-refractivity contribution >= 4 is 17.4 Å². The van der Waals surface area contributed by atoms with Crippen LogP contribution in [0.4, 0.5) is 15.9 Å². The number of hydrogen-bond acceptors (Lipinski definition) is 6. The van der Waals surface area contributed by atoms with E-state index in [4.69, 9.17) is 9.97 Å².